The molecule has 1 N–H and O–H groups in total. The number of sulfonamides is 1. The predicted molar refractivity (Wildman–Crippen MR) is 107 cm³/mol. The van der Waals surface area contributed by atoms with Crippen LogP contribution in [0.2, 0.25) is 0 Å². The van der Waals surface area contributed by atoms with Crippen molar-refractivity contribution in [3.8, 4) is 0 Å². The van der Waals surface area contributed by atoms with E-state index in [-0.39, 0.29) is 16.2 Å². The van der Waals surface area contributed by atoms with Crippen molar-refractivity contribution in [1.82, 2.24) is 9.29 Å². The molecule has 3 aromatic rings. The van der Waals surface area contributed by atoms with Gasteiger partial charge in [-0.25, -0.2) is 13.2 Å². The second-order valence-corrected chi connectivity index (χ2v) is 8.84. The highest BCUT2D eigenvalue weighted by Gasteiger charge is 2.27. The summed E-state index contributed by atoms with van der Waals surface area (Å²) >= 11 is 0. The number of carbonyl (C=O) groups excluding carboxylic acids is 2. The number of aromatic amines is 1. The molecule has 1 aliphatic heterocycles. The standard InChI is InChI=1S/C21H20N2O5S/c24-20(14-28-21(25)19-13-16-5-1-2-6-18(16)22-19)15-7-9-17(10-8-15)29(26,27)23-11-3-4-12-23/h1-2,5-10,13,22H,3-4,11-12,14H2. The number of hydrogen-bond donors (Lipinski definition) is 1. The van der Waals surface area contributed by atoms with Crippen LogP contribution in [-0.4, -0.2) is 49.2 Å². The lowest BCUT2D eigenvalue weighted by atomic mass is 10.1. The molecule has 4 rings (SSSR count). The molecule has 0 bridgehead atoms. The Hall–Kier alpha value is -2.97. The molecule has 0 atom stereocenters. The highest BCUT2D eigenvalue weighted by Crippen LogP contribution is 2.21. The third-order valence-electron chi connectivity index (χ3n) is 4.96. The van der Waals surface area contributed by atoms with E-state index in [1.165, 1.54) is 28.6 Å². The average Bonchev–Trinajstić information content (AvgIpc) is 3.42. The summed E-state index contributed by atoms with van der Waals surface area (Å²) in [6, 6.07) is 14.8. The lowest BCUT2D eigenvalue weighted by Gasteiger charge is -2.15. The molecule has 1 fully saturated rings. The molecule has 0 aliphatic carbocycles. The van der Waals surface area contributed by atoms with Gasteiger partial charge >= 0.3 is 5.97 Å². The van der Waals surface area contributed by atoms with Crippen LogP contribution in [0.1, 0.15) is 33.7 Å². The van der Waals surface area contributed by atoms with E-state index in [0.29, 0.717) is 13.1 Å². The van der Waals surface area contributed by atoms with Crippen LogP contribution in [0.3, 0.4) is 0 Å². The largest absolute Gasteiger partial charge is 0.453 e. The van der Waals surface area contributed by atoms with Gasteiger partial charge in [0.25, 0.3) is 0 Å². The quantitative estimate of drug-likeness (QED) is 0.496. The molecule has 29 heavy (non-hydrogen) atoms. The predicted octanol–water partition coefficient (Wildman–Crippen LogP) is 2.99. The van der Waals surface area contributed by atoms with Gasteiger partial charge in [-0.1, -0.05) is 18.2 Å². The van der Waals surface area contributed by atoms with Crippen LogP contribution < -0.4 is 0 Å². The highest BCUT2D eigenvalue weighted by atomic mass is 32.2. The summed E-state index contributed by atoms with van der Waals surface area (Å²) in [5.74, 6) is -1.03. The van der Waals surface area contributed by atoms with Crippen LogP contribution in [0.4, 0.5) is 0 Å². The van der Waals surface area contributed by atoms with E-state index in [1.54, 1.807) is 6.07 Å². The minimum atomic E-state index is -3.52. The molecule has 0 amide bonds. The summed E-state index contributed by atoms with van der Waals surface area (Å²) in [4.78, 5) is 27.6. The number of esters is 1. The first-order chi connectivity index (χ1) is 13.9. The molecular formula is C21H20N2O5S. The number of nitrogens with one attached hydrogen (secondary N) is 1. The van der Waals surface area contributed by atoms with Gasteiger partial charge in [-0.3, -0.25) is 4.79 Å². The number of H-pyrrole nitrogens is 1. The van der Waals surface area contributed by atoms with Crippen molar-refractivity contribution in [2.75, 3.05) is 19.7 Å². The van der Waals surface area contributed by atoms with E-state index in [2.05, 4.69) is 4.98 Å². The molecule has 8 heteroatoms. The maximum absolute atomic E-state index is 12.5. The highest BCUT2D eigenvalue weighted by molar-refractivity contribution is 7.89. The topological polar surface area (TPSA) is 96.5 Å². The number of para-hydroxylation sites is 1. The minimum absolute atomic E-state index is 0.158. The van der Waals surface area contributed by atoms with Gasteiger partial charge in [-0.05, 0) is 49.2 Å². The van der Waals surface area contributed by atoms with Crippen molar-refractivity contribution in [3.63, 3.8) is 0 Å². The summed E-state index contributed by atoms with van der Waals surface area (Å²) in [7, 11) is -3.52. The van der Waals surface area contributed by atoms with Crippen molar-refractivity contribution in [2.45, 2.75) is 17.7 Å². The maximum Gasteiger partial charge on any atom is 0.355 e. The molecule has 0 unspecified atom stereocenters. The normalized spacial score (nSPS) is 14.9. The Kier molecular flexibility index (Phi) is 5.21. The summed E-state index contributed by atoms with van der Waals surface area (Å²) in [5.41, 5.74) is 1.36. The summed E-state index contributed by atoms with van der Waals surface area (Å²) in [5, 5.41) is 0.876. The van der Waals surface area contributed by atoms with Crippen LogP contribution in [0, 0.1) is 0 Å². The first-order valence-electron chi connectivity index (χ1n) is 9.33. The fourth-order valence-electron chi connectivity index (χ4n) is 3.37. The minimum Gasteiger partial charge on any atom is -0.453 e. The molecule has 1 aliphatic rings. The Balaban J connectivity index is 1.40. The SMILES string of the molecule is O=C(COC(=O)c1cc2ccccc2[nH]1)c1ccc(S(=O)(=O)N2CCCC2)cc1. The van der Waals surface area contributed by atoms with Crippen LogP contribution in [0.15, 0.2) is 59.5 Å². The van der Waals surface area contributed by atoms with Gasteiger partial charge in [0.05, 0.1) is 4.90 Å². The number of fused-ring (bicyclic) bond motifs is 1. The van der Waals surface area contributed by atoms with E-state index in [9.17, 15) is 18.0 Å². The van der Waals surface area contributed by atoms with Gasteiger partial charge in [0.15, 0.2) is 12.4 Å². The number of nitrogens with zero attached hydrogens (tertiary/aromatic N) is 1. The lowest BCUT2D eigenvalue weighted by Crippen LogP contribution is -2.27. The summed E-state index contributed by atoms with van der Waals surface area (Å²) < 4.78 is 31.6. The van der Waals surface area contributed by atoms with Crippen molar-refractivity contribution in [3.05, 3.63) is 65.9 Å². The van der Waals surface area contributed by atoms with Crippen LogP contribution in [-0.2, 0) is 14.8 Å². The maximum atomic E-state index is 12.5. The molecule has 2 aromatic carbocycles. The number of carbonyl (C=O) groups is 2. The second kappa shape index (κ2) is 7.81. The van der Waals surface area contributed by atoms with Crippen molar-refractivity contribution in [2.24, 2.45) is 0 Å². The van der Waals surface area contributed by atoms with E-state index in [1.807, 2.05) is 24.3 Å². The number of Topliss-reactive ketones (excluding diaryl/α,β-unsaturated/α-hetero) is 1. The number of rotatable bonds is 6. The number of ketones is 1. The van der Waals surface area contributed by atoms with Crippen LogP contribution in [0.25, 0.3) is 10.9 Å². The average molecular weight is 412 g/mol. The smallest absolute Gasteiger partial charge is 0.355 e. The Bertz CT molecular complexity index is 1130. The first kappa shape index (κ1) is 19.4. The van der Waals surface area contributed by atoms with Gasteiger partial charge < -0.3 is 9.72 Å². The third-order valence-corrected chi connectivity index (χ3v) is 6.88. The third kappa shape index (κ3) is 3.94. The Morgan fingerprint density at radius 3 is 2.38 bits per heavy atom. The fourth-order valence-corrected chi connectivity index (χ4v) is 4.88. The molecule has 0 radical (unpaired) electrons. The number of aromatic nitrogens is 1. The zero-order valence-corrected chi connectivity index (χ0v) is 16.4. The molecule has 0 saturated carbocycles. The van der Waals surface area contributed by atoms with E-state index in [4.69, 9.17) is 4.74 Å². The Labute approximate surface area is 168 Å². The summed E-state index contributed by atoms with van der Waals surface area (Å²) in [6.07, 6.45) is 1.72. The number of hydrogen-bond acceptors (Lipinski definition) is 5. The van der Waals surface area contributed by atoms with Crippen LogP contribution in [0.5, 0.6) is 0 Å². The molecule has 2 heterocycles. The van der Waals surface area contributed by atoms with Gasteiger partial charge in [0, 0.05) is 29.6 Å². The molecule has 1 saturated heterocycles. The first-order valence-corrected chi connectivity index (χ1v) is 10.8. The molecular weight excluding hydrogens is 392 g/mol. The number of ether oxygens (including phenoxy) is 1. The van der Waals surface area contributed by atoms with Crippen molar-refractivity contribution < 1.29 is 22.7 Å². The van der Waals surface area contributed by atoms with Gasteiger partial charge in [0.2, 0.25) is 10.0 Å². The molecule has 150 valence electrons. The van der Waals surface area contributed by atoms with E-state index < -0.39 is 28.4 Å². The van der Waals surface area contributed by atoms with Gasteiger partial charge in [-0.15, -0.1) is 0 Å². The van der Waals surface area contributed by atoms with Crippen LogP contribution >= 0.6 is 0 Å². The molecule has 1 aromatic heterocycles. The zero-order valence-electron chi connectivity index (χ0n) is 15.6. The van der Waals surface area contributed by atoms with Crippen molar-refractivity contribution in [1.29, 1.82) is 0 Å². The fraction of sp³-hybridized carbons (Fsp3) is 0.238. The van der Waals surface area contributed by atoms with E-state index in [0.717, 1.165) is 23.7 Å². The lowest BCUT2D eigenvalue weighted by molar-refractivity contribution is 0.0470. The van der Waals surface area contributed by atoms with Gasteiger partial charge in [0.1, 0.15) is 5.69 Å². The monoisotopic (exact) mass is 412 g/mol. The molecule has 7 nitrogen and oxygen atoms in total. The molecule has 0 spiro atoms. The zero-order chi connectivity index (χ0) is 20.4. The summed E-state index contributed by atoms with van der Waals surface area (Å²) in [6.45, 7) is 0.617. The second-order valence-electron chi connectivity index (χ2n) is 6.91. The van der Waals surface area contributed by atoms with Crippen molar-refractivity contribution >= 4 is 32.7 Å². The Morgan fingerprint density at radius 1 is 1.00 bits per heavy atom. The number of benzene rings is 2. The van der Waals surface area contributed by atoms with Gasteiger partial charge in [-0.2, -0.15) is 4.31 Å². The van der Waals surface area contributed by atoms with E-state index >= 15 is 0 Å². The Morgan fingerprint density at radius 2 is 1.69 bits per heavy atom.